The minimum absolute atomic E-state index is 0.0219. The summed E-state index contributed by atoms with van der Waals surface area (Å²) < 4.78 is 0. The zero-order chi connectivity index (χ0) is 17.2. The van der Waals surface area contributed by atoms with Gasteiger partial charge in [-0.2, -0.15) is 5.10 Å². The molecular formula is C20H20N4O. The minimum Gasteiger partial charge on any atom is -0.342 e. The van der Waals surface area contributed by atoms with E-state index >= 15 is 0 Å². The second kappa shape index (κ2) is 6.51. The van der Waals surface area contributed by atoms with E-state index in [0.29, 0.717) is 11.7 Å². The number of benzene rings is 2. The molecular weight excluding hydrogens is 312 g/mol. The van der Waals surface area contributed by atoms with Crippen molar-refractivity contribution in [1.29, 1.82) is 0 Å². The molecule has 1 aliphatic carbocycles. The van der Waals surface area contributed by atoms with E-state index in [4.69, 9.17) is 0 Å². The van der Waals surface area contributed by atoms with Crippen LogP contribution in [0.15, 0.2) is 60.7 Å². The van der Waals surface area contributed by atoms with E-state index in [1.165, 1.54) is 5.56 Å². The SMILES string of the molecule is Cc1nc(C(NC(=O)C2CC2c2ccccc2)c2ccccc2)n[nH]1. The maximum atomic E-state index is 12.8. The third-order valence-electron chi connectivity index (χ3n) is 4.65. The summed E-state index contributed by atoms with van der Waals surface area (Å²) >= 11 is 0. The van der Waals surface area contributed by atoms with Crippen LogP contribution in [0.4, 0.5) is 0 Å². The van der Waals surface area contributed by atoms with Crippen LogP contribution < -0.4 is 5.32 Å². The van der Waals surface area contributed by atoms with Crippen LogP contribution in [0.25, 0.3) is 0 Å². The lowest BCUT2D eigenvalue weighted by atomic mass is 10.1. The Morgan fingerprint density at radius 2 is 1.80 bits per heavy atom. The fourth-order valence-electron chi connectivity index (χ4n) is 3.23. The second-order valence-corrected chi connectivity index (χ2v) is 6.49. The van der Waals surface area contributed by atoms with E-state index in [2.05, 4.69) is 32.6 Å². The van der Waals surface area contributed by atoms with Crippen molar-refractivity contribution in [3.63, 3.8) is 0 Å². The van der Waals surface area contributed by atoms with Gasteiger partial charge < -0.3 is 5.32 Å². The number of aromatic nitrogens is 3. The quantitative estimate of drug-likeness (QED) is 0.754. The highest BCUT2D eigenvalue weighted by atomic mass is 16.2. The third-order valence-corrected chi connectivity index (χ3v) is 4.65. The first kappa shape index (κ1) is 15.6. The molecule has 0 spiro atoms. The first-order valence-electron chi connectivity index (χ1n) is 8.51. The molecule has 0 saturated heterocycles. The highest BCUT2D eigenvalue weighted by Gasteiger charge is 2.44. The summed E-state index contributed by atoms with van der Waals surface area (Å²) in [6.45, 7) is 1.85. The van der Waals surface area contributed by atoms with Crippen molar-refractivity contribution >= 4 is 5.91 Å². The summed E-state index contributed by atoms with van der Waals surface area (Å²) in [5, 5.41) is 10.3. The lowest BCUT2D eigenvalue weighted by Gasteiger charge is -2.16. The zero-order valence-corrected chi connectivity index (χ0v) is 14.0. The molecule has 1 amide bonds. The highest BCUT2D eigenvalue weighted by molar-refractivity contribution is 5.83. The summed E-state index contributed by atoms with van der Waals surface area (Å²) in [6, 6.07) is 19.7. The molecule has 3 atom stereocenters. The highest BCUT2D eigenvalue weighted by Crippen LogP contribution is 2.47. The van der Waals surface area contributed by atoms with E-state index in [9.17, 15) is 4.79 Å². The van der Waals surface area contributed by atoms with Gasteiger partial charge in [-0.15, -0.1) is 0 Å². The number of nitrogens with zero attached hydrogens (tertiary/aromatic N) is 2. The van der Waals surface area contributed by atoms with Gasteiger partial charge in [0.1, 0.15) is 11.9 Å². The summed E-state index contributed by atoms with van der Waals surface area (Å²) in [7, 11) is 0. The summed E-state index contributed by atoms with van der Waals surface area (Å²) in [4.78, 5) is 17.2. The summed E-state index contributed by atoms with van der Waals surface area (Å²) in [5.41, 5.74) is 2.21. The predicted octanol–water partition coefficient (Wildman–Crippen LogP) is 3.12. The molecule has 1 saturated carbocycles. The van der Waals surface area contributed by atoms with Gasteiger partial charge >= 0.3 is 0 Å². The van der Waals surface area contributed by atoms with Gasteiger partial charge in [-0.05, 0) is 30.4 Å². The third kappa shape index (κ3) is 3.31. The molecule has 1 heterocycles. The lowest BCUT2D eigenvalue weighted by molar-refractivity contribution is -0.123. The fourth-order valence-corrected chi connectivity index (χ4v) is 3.23. The molecule has 25 heavy (non-hydrogen) atoms. The van der Waals surface area contributed by atoms with Gasteiger partial charge in [0, 0.05) is 5.92 Å². The topological polar surface area (TPSA) is 70.7 Å². The van der Waals surface area contributed by atoms with Crippen LogP contribution in [-0.2, 0) is 4.79 Å². The Labute approximate surface area is 146 Å². The largest absolute Gasteiger partial charge is 0.342 e. The normalized spacial score (nSPS) is 20.0. The molecule has 0 bridgehead atoms. The predicted molar refractivity (Wildman–Crippen MR) is 94.8 cm³/mol. The average Bonchev–Trinajstić information content (AvgIpc) is 3.35. The van der Waals surface area contributed by atoms with Crippen LogP contribution in [-0.4, -0.2) is 21.1 Å². The van der Waals surface area contributed by atoms with Crippen LogP contribution in [0.1, 0.15) is 41.2 Å². The Hall–Kier alpha value is -2.95. The second-order valence-electron chi connectivity index (χ2n) is 6.49. The van der Waals surface area contributed by atoms with Crippen molar-refractivity contribution in [2.75, 3.05) is 0 Å². The van der Waals surface area contributed by atoms with E-state index in [-0.39, 0.29) is 17.9 Å². The van der Waals surface area contributed by atoms with Crippen molar-refractivity contribution in [3.05, 3.63) is 83.4 Å². The molecule has 1 fully saturated rings. The molecule has 1 aromatic heterocycles. The Kier molecular flexibility index (Phi) is 4.06. The summed E-state index contributed by atoms with van der Waals surface area (Å²) in [6.07, 6.45) is 0.893. The van der Waals surface area contributed by atoms with Gasteiger partial charge in [0.15, 0.2) is 5.82 Å². The molecule has 3 unspecified atom stereocenters. The van der Waals surface area contributed by atoms with Crippen LogP contribution in [0.3, 0.4) is 0 Å². The number of amides is 1. The first-order valence-corrected chi connectivity index (χ1v) is 8.51. The Morgan fingerprint density at radius 3 is 2.44 bits per heavy atom. The number of hydrogen-bond donors (Lipinski definition) is 2. The number of carbonyl (C=O) groups excluding carboxylic acids is 1. The van der Waals surface area contributed by atoms with E-state index in [1.807, 2.05) is 55.5 Å². The Balaban J connectivity index is 1.52. The molecule has 2 aromatic carbocycles. The van der Waals surface area contributed by atoms with Gasteiger partial charge in [0.2, 0.25) is 5.91 Å². The lowest BCUT2D eigenvalue weighted by Crippen LogP contribution is -2.31. The fraction of sp³-hybridized carbons (Fsp3) is 0.250. The Morgan fingerprint density at radius 1 is 1.12 bits per heavy atom. The van der Waals surface area contributed by atoms with Crippen LogP contribution in [0, 0.1) is 12.8 Å². The van der Waals surface area contributed by atoms with Crippen molar-refractivity contribution in [2.45, 2.75) is 25.3 Å². The van der Waals surface area contributed by atoms with Gasteiger partial charge in [0.05, 0.1) is 0 Å². The number of aromatic amines is 1. The Bertz CT molecular complexity index is 860. The van der Waals surface area contributed by atoms with Crippen molar-refractivity contribution in [3.8, 4) is 0 Å². The van der Waals surface area contributed by atoms with Crippen LogP contribution >= 0.6 is 0 Å². The summed E-state index contributed by atoms with van der Waals surface area (Å²) in [5.74, 6) is 1.72. The molecule has 0 aliphatic heterocycles. The molecule has 2 N–H and O–H groups in total. The average molecular weight is 332 g/mol. The minimum atomic E-state index is -0.337. The van der Waals surface area contributed by atoms with Crippen LogP contribution in [0.2, 0.25) is 0 Å². The number of rotatable bonds is 5. The molecule has 5 heteroatoms. The number of H-pyrrole nitrogens is 1. The first-order chi connectivity index (χ1) is 12.2. The number of nitrogens with one attached hydrogen (secondary N) is 2. The van der Waals surface area contributed by atoms with Gasteiger partial charge in [-0.25, -0.2) is 4.98 Å². The molecule has 1 aliphatic rings. The molecule has 5 nitrogen and oxygen atoms in total. The zero-order valence-electron chi connectivity index (χ0n) is 14.0. The molecule has 3 aromatic rings. The standard InChI is InChI=1S/C20H20N4O/c1-13-21-19(24-23-13)18(15-10-6-3-7-11-15)22-20(25)17-12-16(17)14-8-4-2-5-9-14/h2-11,16-18H,12H2,1H3,(H,22,25)(H,21,23,24). The van der Waals surface area contributed by atoms with Gasteiger partial charge in [0.25, 0.3) is 0 Å². The van der Waals surface area contributed by atoms with Crippen molar-refractivity contribution in [2.24, 2.45) is 5.92 Å². The van der Waals surface area contributed by atoms with Crippen molar-refractivity contribution < 1.29 is 4.79 Å². The van der Waals surface area contributed by atoms with E-state index in [0.717, 1.165) is 17.8 Å². The smallest absolute Gasteiger partial charge is 0.224 e. The maximum Gasteiger partial charge on any atom is 0.224 e. The number of carbonyl (C=O) groups is 1. The van der Waals surface area contributed by atoms with E-state index in [1.54, 1.807) is 0 Å². The molecule has 126 valence electrons. The van der Waals surface area contributed by atoms with Crippen LogP contribution in [0.5, 0.6) is 0 Å². The number of aryl methyl sites for hydroxylation is 1. The van der Waals surface area contributed by atoms with Crippen molar-refractivity contribution in [1.82, 2.24) is 20.5 Å². The maximum absolute atomic E-state index is 12.8. The monoisotopic (exact) mass is 332 g/mol. The molecule has 4 rings (SSSR count). The van der Waals surface area contributed by atoms with E-state index < -0.39 is 0 Å². The molecule has 0 radical (unpaired) electrons. The van der Waals surface area contributed by atoms with Gasteiger partial charge in [-0.1, -0.05) is 60.7 Å². The van der Waals surface area contributed by atoms with Gasteiger partial charge in [-0.3, -0.25) is 9.89 Å². The number of hydrogen-bond acceptors (Lipinski definition) is 3.